The van der Waals surface area contributed by atoms with Gasteiger partial charge >= 0.3 is 0 Å². The summed E-state index contributed by atoms with van der Waals surface area (Å²) < 4.78 is 15.2. The molecule has 2 amide bonds. The maximum absolute atomic E-state index is 13.4. The molecule has 1 N–H and O–H groups in total. The van der Waals surface area contributed by atoms with Crippen molar-refractivity contribution in [1.82, 2.24) is 14.8 Å². The van der Waals surface area contributed by atoms with Gasteiger partial charge in [-0.15, -0.1) is 0 Å². The summed E-state index contributed by atoms with van der Waals surface area (Å²) in [5, 5.41) is 2.75. The minimum absolute atomic E-state index is 0.0258. The van der Waals surface area contributed by atoms with Gasteiger partial charge in [0, 0.05) is 38.6 Å². The number of aromatic nitrogens is 1. The molecular formula is C25H32FN3O3. The van der Waals surface area contributed by atoms with Crippen molar-refractivity contribution in [1.29, 1.82) is 0 Å². The van der Waals surface area contributed by atoms with Crippen LogP contribution in [-0.2, 0) is 6.42 Å². The molecule has 172 valence electrons. The smallest absolute Gasteiger partial charge is 0.259 e. The van der Waals surface area contributed by atoms with Crippen LogP contribution in [0.5, 0.6) is 0 Å². The van der Waals surface area contributed by atoms with E-state index in [0.29, 0.717) is 13.0 Å². The number of hydrogen-bond donors (Lipinski definition) is 1. The maximum Gasteiger partial charge on any atom is 0.259 e. The zero-order chi connectivity index (χ0) is 23.3. The summed E-state index contributed by atoms with van der Waals surface area (Å²) in [6.45, 7) is 4.79. The van der Waals surface area contributed by atoms with Crippen LogP contribution < -0.4 is 10.7 Å². The van der Waals surface area contributed by atoms with E-state index in [1.807, 2.05) is 18.4 Å². The summed E-state index contributed by atoms with van der Waals surface area (Å²) in [5.74, 6) is -0.954. The SMILES string of the molecule is CC(C)CN(C)C(=O)c1cn(C2CCCC2)cc(C(=O)NCCc2cccc(F)c2)c1=O. The van der Waals surface area contributed by atoms with Crippen molar-refractivity contribution in [2.24, 2.45) is 5.92 Å². The quantitative estimate of drug-likeness (QED) is 0.677. The molecule has 0 aliphatic heterocycles. The first kappa shape index (κ1) is 23.7. The summed E-state index contributed by atoms with van der Waals surface area (Å²) >= 11 is 0. The average Bonchev–Trinajstić information content (AvgIpc) is 3.28. The molecule has 1 aromatic carbocycles. The van der Waals surface area contributed by atoms with Crippen LogP contribution in [-0.4, -0.2) is 41.4 Å². The lowest BCUT2D eigenvalue weighted by Crippen LogP contribution is -2.38. The number of amides is 2. The Kier molecular flexibility index (Phi) is 7.83. The van der Waals surface area contributed by atoms with Gasteiger partial charge in [-0.05, 0) is 42.9 Å². The molecule has 1 heterocycles. The molecule has 1 saturated carbocycles. The van der Waals surface area contributed by atoms with E-state index in [4.69, 9.17) is 0 Å². The van der Waals surface area contributed by atoms with E-state index in [1.165, 1.54) is 17.0 Å². The Hall–Kier alpha value is -2.96. The molecule has 7 heteroatoms. The van der Waals surface area contributed by atoms with Crippen LogP contribution in [0.3, 0.4) is 0 Å². The van der Waals surface area contributed by atoms with E-state index in [2.05, 4.69) is 5.32 Å². The van der Waals surface area contributed by atoms with Crippen molar-refractivity contribution in [3.8, 4) is 0 Å². The van der Waals surface area contributed by atoms with Crippen molar-refractivity contribution in [2.45, 2.75) is 52.0 Å². The largest absolute Gasteiger partial charge is 0.352 e. The average molecular weight is 442 g/mol. The molecule has 0 bridgehead atoms. The normalized spacial score (nSPS) is 14.0. The second kappa shape index (κ2) is 10.6. The van der Waals surface area contributed by atoms with Crippen LogP contribution in [0.4, 0.5) is 4.39 Å². The maximum atomic E-state index is 13.4. The standard InChI is InChI=1S/C25H32FN3O3/c1-17(2)14-28(3)25(32)22-16-29(20-9-4-5-10-20)15-21(23(22)30)24(31)27-12-11-18-7-6-8-19(26)13-18/h6-8,13,15-17,20H,4-5,9-12,14H2,1-3H3,(H,27,31). The number of pyridine rings is 1. The zero-order valence-electron chi connectivity index (χ0n) is 19.1. The van der Waals surface area contributed by atoms with Crippen LogP contribution in [0.2, 0.25) is 0 Å². The Balaban J connectivity index is 1.84. The molecule has 1 fully saturated rings. The fourth-order valence-electron chi connectivity index (χ4n) is 4.27. The highest BCUT2D eigenvalue weighted by atomic mass is 19.1. The summed E-state index contributed by atoms with van der Waals surface area (Å²) in [5.41, 5.74) is 0.203. The summed E-state index contributed by atoms with van der Waals surface area (Å²) in [4.78, 5) is 40.6. The van der Waals surface area contributed by atoms with Gasteiger partial charge in [-0.25, -0.2) is 4.39 Å². The number of rotatable bonds is 8. The van der Waals surface area contributed by atoms with Gasteiger partial charge < -0.3 is 14.8 Å². The molecule has 0 unspecified atom stereocenters. The minimum atomic E-state index is -0.553. The first-order valence-electron chi connectivity index (χ1n) is 11.3. The van der Waals surface area contributed by atoms with Crippen molar-refractivity contribution >= 4 is 11.8 Å². The van der Waals surface area contributed by atoms with E-state index in [1.54, 1.807) is 31.6 Å². The first-order chi connectivity index (χ1) is 15.3. The monoisotopic (exact) mass is 441 g/mol. The molecule has 1 aliphatic carbocycles. The third-order valence-corrected chi connectivity index (χ3v) is 5.84. The number of halogens is 1. The summed E-state index contributed by atoms with van der Waals surface area (Å²) in [6, 6.07) is 6.37. The minimum Gasteiger partial charge on any atom is -0.352 e. The van der Waals surface area contributed by atoms with Crippen LogP contribution in [0.1, 0.15) is 71.9 Å². The van der Waals surface area contributed by atoms with Crippen LogP contribution in [0.25, 0.3) is 0 Å². The van der Waals surface area contributed by atoms with E-state index in [0.717, 1.165) is 31.2 Å². The van der Waals surface area contributed by atoms with Crippen molar-refractivity contribution in [3.63, 3.8) is 0 Å². The van der Waals surface area contributed by atoms with Gasteiger partial charge in [-0.1, -0.05) is 38.8 Å². The Morgan fingerprint density at radius 1 is 1.19 bits per heavy atom. The zero-order valence-corrected chi connectivity index (χ0v) is 19.1. The van der Waals surface area contributed by atoms with Crippen molar-refractivity contribution in [3.05, 3.63) is 69.4 Å². The Morgan fingerprint density at radius 3 is 2.53 bits per heavy atom. The molecule has 0 saturated heterocycles. The Labute approximate surface area is 188 Å². The first-order valence-corrected chi connectivity index (χ1v) is 11.3. The molecule has 0 spiro atoms. The van der Waals surface area contributed by atoms with Crippen molar-refractivity contribution in [2.75, 3.05) is 20.1 Å². The highest BCUT2D eigenvalue weighted by molar-refractivity contribution is 5.99. The third-order valence-electron chi connectivity index (χ3n) is 5.84. The predicted molar refractivity (Wildman–Crippen MR) is 122 cm³/mol. The Morgan fingerprint density at radius 2 is 1.88 bits per heavy atom. The van der Waals surface area contributed by atoms with E-state index in [-0.39, 0.29) is 41.4 Å². The molecule has 6 nitrogen and oxygen atoms in total. The molecule has 1 aliphatic rings. The van der Waals surface area contributed by atoms with E-state index in [9.17, 15) is 18.8 Å². The molecule has 0 radical (unpaired) electrons. The van der Waals surface area contributed by atoms with Crippen molar-refractivity contribution < 1.29 is 14.0 Å². The lowest BCUT2D eigenvalue weighted by Gasteiger charge is -2.22. The van der Waals surface area contributed by atoms with E-state index < -0.39 is 11.3 Å². The molecule has 32 heavy (non-hydrogen) atoms. The number of hydrogen-bond acceptors (Lipinski definition) is 3. The van der Waals surface area contributed by atoms with Gasteiger partial charge in [-0.3, -0.25) is 14.4 Å². The number of carbonyl (C=O) groups excluding carboxylic acids is 2. The fourth-order valence-corrected chi connectivity index (χ4v) is 4.27. The molecule has 0 atom stereocenters. The molecular weight excluding hydrogens is 409 g/mol. The van der Waals surface area contributed by atoms with E-state index >= 15 is 0 Å². The number of benzene rings is 1. The highest BCUT2D eigenvalue weighted by Gasteiger charge is 2.25. The highest BCUT2D eigenvalue weighted by Crippen LogP contribution is 2.29. The predicted octanol–water partition coefficient (Wildman–Crippen LogP) is 3.80. The second-order valence-electron chi connectivity index (χ2n) is 9.02. The fraction of sp³-hybridized carbons (Fsp3) is 0.480. The second-order valence-corrected chi connectivity index (χ2v) is 9.02. The van der Waals surface area contributed by atoms with Gasteiger partial charge in [0.05, 0.1) is 0 Å². The van der Waals surface area contributed by atoms with Gasteiger partial charge in [0.15, 0.2) is 0 Å². The summed E-state index contributed by atoms with van der Waals surface area (Å²) in [7, 11) is 1.67. The number of nitrogens with zero attached hydrogens (tertiary/aromatic N) is 2. The van der Waals surface area contributed by atoms with Gasteiger partial charge in [-0.2, -0.15) is 0 Å². The van der Waals surface area contributed by atoms with Gasteiger partial charge in [0.1, 0.15) is 16.9 Å². The van der Waals surface area contributed by atoms with Crippen LogP contribution >= 0.6 is 0 Å². The number of carbonyl (C=O) groups is 2. The lowest BCUT2D eigenvalue weighted by atomic mass is 10.1. The van der Waals surface area contributed by atoms with Gasteiger partial charge in [0.25, 0.3) is 11.8 Å². The number of nitrogens with one attached hydrogen (secondary N) is 1. The topological polar surface area (TPSA) is 71.4 Å². The van der Waals surface area contributed by atoms with Crippen LogP contribution in [0.15, 0.2) is 41.5 Å². The Bertz CT molecular complexity index is 1030. The lowest BCUT2D eigenvalue weighted by molar-refractivity contribution is 0.0776. The van der Waals surface area contributed by atoms with Gasteiger partial charge in [0.2, 0.25) is 5.43 Å². The summed E-state index contributed by atoms with van der Waals surface area (Å²) in [6.07, 6.45) is 7.72. The third kappa shape index (κ3) is 5.84. The molecule has 2 aromatic rings. The molecule has 3 rings (SSSR count). The van der Waals surface area contributed by atoms with Crippen LogP contribution in [0, 0.1) is 11.7 Å². The molecule has 1 aromatic heterocycles.